The third kappa shape index (κ3) is 4.07. The number of carboxylic acid groups (broad SMARTS) is 1. The second-order valence-corrected chi connectivity index (χ2v) is 7.32. The zero-order valence-electron chi connectivity index (χ0n) is 11.2. The molecule has 6 nitrogen and oxygen atoms in total. The van der Waals surface area contributed by atoms with Gasteiger partial charge >= 0.3 is 12.1 Å². The SMILES string of the molecule is O=C(O)C1CCCN(S(=O)(=O)N(CC(F)(F)F)C2CC2)C1. The number of hydrogen-bond donors (Lipinski definition) is 1. The van der Waals surface area contributed by atoms with E-state index < -0.39 is 40.9 Å². The monoisotopic (exact) mass is 330 g/mol. The molecule has 0 aromatic rings. The van der Waals surface area contributed by atoms with Gasteiger partial charge in [0.25, 0.3) is 10.2 Å². The third-order valence-corrected chi connectivity index (χ3v) is 5.65. The average Bonchev–Trinajstić information content (AvgIpc) is 3.19. The third-order valence-electron chi connectivity index (χ3n) is 3.65. The van der Waals surface area contributed by atoms with Crippen LogP contribution >= 0.6 is 0 Å². The molecule has 1 saturated carbocycles. The summed E-state index contributed by atoms with van der Waals surface area (Å²) in [6.45, 7) is -1.72. The number of hydrogen-bond acceptors (Lipinski definition) is 3. The molecule has 10 heteroatoms. The Bertz CT molecular complexity index is 504. The van der Waals surface area contributed by atoms with Crippen molar-refractivity contribution in [3.8, 4) is 0 Å². The number of halogens is 3. The molecule has 1 atom stereocenters. The molecule has 1 unspecified atom stereocenters. The molecular weight excluding hydrogens is 313 g/mol. The summed E-state index contributed by atoms with van der Waals surface area (Å²) in [7, 11) is -4.28. The Morgan fingerprint density at radius 1 is 1.29 bits per heavy atom. The number of nitrogens with zero attached hydrogens (tertiary/aromatic N) is 2. The molecule has 2 aliphatic rings. The molecule has 1 N–H and O–H groups in total. The molecule has 0 bridgehead atoms. The first-order chi connectivity index (χ1) is 9.61. The maximum atomic E-state index is 12.6. The van der Waals surface area contributed by atoms with Gasteiger partial charge in [0.05, 0.1) is 5.92 Å². The Labute approximate surface area is 120 Å². The molecule has 0 spiro atoms. The highest BCUT2D eigenvalue weighted by Gasteiger charge is 2.47. The predicted molar refractivity (Wildman–Crippen MR) is 66.6 cm³/mol. The Morgan fingerprint density at radius 3 is 2.38 bits per heavy atom. The van der Waals surface area contributed by atoms with Crippen molar-refractivity contribution in [1.29, 1.82) is 0 Å². The van der Waals surface area contributed by atoms with Crippen LogP contribution in [0.5, 0.6) is 0 Å². The van der Waals surface area contributed by atoms with Gasteiger partial charge in [-0.3, -0.25) is 4.79 Å². The molecule has 1 aliphatic carbocycles. The van der Waals surface area contributed by atoms with E-state index in [1.165, 1.54) is 0 Å². The van der Waals surface area contributed by atoms with Crippen molar-refractivity contribution in [1.82, 2.24) is 8.61 Å². The lowest BCUT2D eigenvalue weighted by Crippen LogP contribution is -2.52. The molecule has 1 saturated heterocycles. The lowest BCUT2D eigenvalue weighted by Gasteiger charge is -2.34. The van der Waals surface area contributed by atoms with Gasteiger partial charge in [0.1, 0.15) is 6.54 Å². The second kappa shape index (κ2) is 5.73. The van der Waals surface area contributed by atoms with Crippen LogP contribution in [0.1, 0.15) is 25.7 Å². The molecule has 0 radical (unpaired) electrons. The standard InChI is InChI=1S/C11H17F3N2O4S/c12-11(13,14)7-16(9-3-4-9)21(19,20)15-5-1-2-8(6-15)10(17)18/h8-9H,1-7H2,(H,17,18). The first kappa shape index (κ1) is 16.5. The highest BCUT2D eigenvalue weighted by molar-refractivity contribution is 7.86. The fraction of sp³-hybridized carbons (Fsp3) is 0.909. The van der Waals surface area contributed by atoms with Crippen molar-refractivity contribution >= 4 is 16.2 Å². The van der Waals surface area contributed by atoms with Gasteiger partial charge in [0, 0.05) is 19.1 Å². The molecule has 0 aromatic heterocycles. The van der Waals surface area contributed by atoms with Crippen molar-refractivity contribution in [2.24, 2.45) is 5.92 Å². The van der Waals surface area contributed by atoms with Crippen LogP contribution in [0.4, 0.5) is 13.2 Å². The largest absolute Gasteiger partial charge is 0.481 e. The van der Waals surface area contributed by atoms with Gasteiger partial charge in [0.2, 0.25) is 0 Å². The summed E-state index contributed by atoms with van der Waals surface area (Å²) in [6, 6.07) is -0.623. The number of aliphatic carboxylic acids is 1. The Kier molecular flexibility index (Phi) is 4.50. The minimum atomic E-state index is -4.61. The van der Waals surface area contributed by atoms with Gasteiger partial charge in [-0.25, -0.2) is 0 Å². The van der Waals surface area contributed by atoms with Crippen LogP contribution in [0.3, 0.4) is 0 Å². The quantitative estimate of drug-likeness (QED) is 0.817. The number of carboxylic acids is 1. The zero-order chi connectivity index (χ0) is 15.8. The first-order valence-corrected chi connectivity index (χ1v) is 8.07. The van der Waals surface area contributed by atoms with E-state index in [-0.39, 0.29) is 13.1 Å². The summed E-state index contributed by atoms with van der Waals surface area (Å²) in [5.74, 6) is -1.98. The van der Waals surface area contributed by atoms with E-state index in [0.29, 0.717) is 30.0 Å². The van der Waals surface area contributed by atoms with Gasteiger partial charge < -0.3 is 5.11 Å². The van der Waals surface area contributed by atoms with Crippen LogP contribution < -0.4 is 0 Å². The minimum Gasteiger partial charge on any atom is -0.481 e. The highest BCUT2D eigenvalue weighted by atomic mass is 32.2. The summed E-state index contributed by atoms with van der Waals surface area (Å²) in [5, 5.41) is 8.95. The number of piperidine rings is 1. The van der Waals surface area contributed by atoms with E-state index in [1.807, 2.05) is 0 Å². The number of rotatable bonds is 5. The Morgan fingerprint density at radius 2 is 1.90 bits per heavy atom. The molecule has 2 fully saturated rings. The summed E-state index contributed by atoms with van der Waals surface area (Å²) in [5.41, 5.74) is 0. The summed E-state index contributed by atoms with van der Waals surface area (Å²) in [6.07, 6.45) is -3.13. The van der Waals surface area contributed by atoms with Crippen LogP contribution in [-0.2, 0) is 15.0 Å². The summed E-state index contributed by atoms with van der Waals surface area (Å²) < 4.78 is 63.8. The average molecular weight is 330 g/mol. The zero-order valence-corrected chi connectivity index (χ0v) is 12.0. The number of alkyl halides is 3. The topological polar surface area (TPSA) is 77.9 Å². The molecule has 21 heavy (non-hydrogen) atoms. The second-order valence-electron chi connectivity index (χ2n) is 5.43. The van der Waals surface area contributed by atoms with Crippen LogP contribution in [0.15, 0.2) is 0 Å². The van der Waals surface area contributed by atoms with Crippen molar-refractivity contribution < 1.29 is 31.5 Å². The van der Waals surface area contributed by atoms with Crippen LogP contribution in [-0.4, -0.2) is 60.0 Å². The molecule has 122 valence electrons. The highest BCUT2D eigenvalue weighted by Crippen LogP contribution is 2.34. The van der Waals surface area contributed by atoms with E-state index in [0.717, 1.165) is 4.31 Å². The first-order valence-electron chi connectivity index (χ1n) is 6.68. The van der Waals surface area contributed by atoms with Crippen molar-refractivity contribution in [2.45, 2.75) is 37.9 Å². The van der Waals surface area contributed by atoms with Crippen LogP contribution in [0.2, 0.25) is 0 Å². The van der Waals surface area contributed by atoms with E-state index in [9.17, 15) is 26.4 Å². The Hall–Kier alpha value is -0.870. The Balaban J connectivity index is 2.16. The number of carbonyl (C=O) groups is 1. The van der Waals surface area contributed by atoms with Gasteiger partial charge in [-0.05, 0) is 25.7 Å². The maximum absolute atomic E-state index is 12.6. The summed E-state index contributed by atoms with van der Waals surface area (Å²) >= 11 is 0. The summed E-state index contributed by atoms with van der Waals surface area (Å²) in [4.78, 5) is 11.0. The van der Waals surface area contributed by atoms with Gasteiger partial charge in [-0.1, -0.05) is 0 Å². The maximum Gasteiger partial charge on any atom is 0.402 e. The van der Waals surface area contributed by atoms with Gasteiger partial charge in [0.15, 0.2) is 0 Å². The van der Waals surface area contributed by atoms with E-state index in [4.69, 9.17) is 5.11 Å². The molecular formula is C11H17F3N2O4S. The fourth-order valence-electron chi connectivity index (χ4n) is 2.44. The van der Waals surface area contributed by atoms with E-state index >= 15 is 0 Å². The smallest absolute Gasteiger partial charge is 0.402 e. The lowest BCUT2D eigenvalue weighted by molar-refractivity contribution is -0.143. The normalized spacial score (nSPS) is 25.2. The van der Waals surface area contributed by atoms with Crippen LogP contribution in [0.25, 0.3) is 0 Å². The molecule has 0 amide bonds. The minimum absolute atomic E-state index is 0.0627. The van der Waals surface area contributed by atoms with E-state index in [1.54, 1.807) is 0 Å². The van der Waals surface area contributed by atoms with Crippen molar-refractivity contribution in [3.05, 3.63) is 0 Å². The molecule has 0 aromatic carbocycles. The van der Waals surface area contributed by atoms with Crippen molar-refractivity contribution in [2.75, 3.05) is 19.6 Å². The molecule has 1 heterocycles. The lowest BCUT2D eigenvalue weighted by atomic mass is 10.0. The van der Waals surface area contributed by atoms with E-state index in [2.05, 4.69) is 0 Å². The molecule has 2 rings (SSSR count). The fourth-order valence-corrected chi connectivity index (χ4v) is 4.36. The van der Waals surface area contributed by atoms with Gasteiger partial charge in [-0.2, -0.15) is 30.2 Å². The van der Waals surface area contributed by atoms with Crippen molar-refractivity contribution in [3.63, 3.8) is 0 Å². The van der Waals surface area contributed by atoms with Crippen LogP contribution in [0, 0.1) is 5.92 Å². The predicted octanol–water partition coefficient (Wildman–Crippen LogP) is 1.05. The molecule has 1 aliphatic heterocycles. The van der Waals surface area contributed by atoms with Gasteiger partial charge in [-0.15, -0.1) is 0 Å².